The van der Waals surface area contributed by atoms with Crippen LogP contribution in [0.25, 0.3) is 20.2 Å². The van der Waals surface area contributed by atoms with Crippen molar-refractivity contribution in [1.29, 1.82) is 0 Å². The molecular formula is C26H22N4O6S2. The highest BCUT2D eigenvalue weighted by Gasteiger charge is 2.19. The Balaban J connectivity index is 0.000000204. The number of carbonyl (C=O) groups excluding carboxylic acids is 3. The van der Waals surface area contributed by atoms with Gasteiger partial charge in [-0.1, -0.05) is 30.3 Å². The molecule has 194 valence electrons. The number of phenolic OH excluding ortho intramolecular Hbond substituents is 2. The number of nitrogens with one attached hydrogen (secondary N) is 1. The fraction of sp³-hybridized carbons (Fsp3) is 0.0385. The number of hydrogen-bond donors (Lipinski definition) is 6. The van der Waals surface area contributed by atoms with E-state index in [9.17, 15) is 24.6 Å². The van der Waals surface area contributed by atoms with Crippen molar-refractivity contribution in [3.8, 4) is 11.5 Å². The van der Waals surface area contributed by atoms with Gasteiger partial charge in [0.05, 0.1) is 16.1 Å². The molecule has 10 nitrogen and oxygen atoms in total. The number of fused-ring (bicyclic) bond motifs is 2. The van der Waals surface area contributed by atoms with Crippen molar-refractivity contribution < 1.29 is 29.3 Å². The first-order valence-electron chi connectivity index (χ1n) is 11.0. The van der Waals surface area contributed by atoms with Crippen LogP contribution in [0.5, 0.6) is 11.5 Å². The van der Waals surface area contributed by atoms with Crippen LogP contribution < -0.4 is 22.5 Å². The summed E-state index contributed by atoms with van der Waals surface area (Å²) in [4.78, 5) is 34.8. The van der Waals surface area contributed by atoms with Crippen molar-refractivity contribution in [2.75, 3.05) is 11.1 Å². The first-order valence-corrected chi connectivity index (χ1v) is 12.6. The number of rotatable bonds is 5. The maximum Gasteiger partial charge on any atom is 0.412 e. The number of thiophene rings is 2. The number of nitrogen functional groups attached to an aromatic ring is 1. The number of primary amides is 2. The maximum absolute atomic E-state index is 12.0. The third-order valence-corrected chi connectivity index (χ3v) is 7.35. The van der Waals surface area contributed by atoms with E-state index in [1.54, 1.807) is 18.2 Å². The molecule has 0 fully saturated rings. The standard InChI is InChI=1S/C17H14N2O4S.C9H8N2O2S/c18-15(21)14-12-7-6-11(20)8-13(12)24-16(14)19-17(22)23-9-10-4-2-1-3-5-10;10-8(13)7-5-2-1-4(12)3-6(5)14-9(7)11/h1-8,20H,9H2,(H2,18,21)(H,19,22);1-3,12H,11H2,(H2,10,13). The number of benzene rings is 3. The number of carbonyl (C=O) groups is 3. The summed E-state index contributed by atoms with van der Waals surface area (Å²) in [5.74, 6) is -0.988. The second kappa shape index (κ2) is 11.1. The SMILES string of the molecule is NC(=O)c1c(N)sc2cc(O)ccc12.NC(=O)c1c(NC(=O)OCc2ccccc2)sc2cc(O)ccc12. The fourth-order valence-electron chi connectivity index (χ4n) is 3.63. The molecule has 2 aromatic heterocycles. The van der Waals surface area contributed by atoms with Crippen molar-refractivity contribution in [3.63, 3.8) is 0 Å². The van der Waals surface area contributed by atoms with E-state index in [2.05, 4.69) is 5.32 Å². The van der Waals surface area contributed by atoms with Crippen LogP contribution in [-0.4, -0.2) is 28.1 Å². The second-order valence-electron chi connectivity index (χ2n) is 7.92. The summed E-state index contributed by atoms with van der Waals surface area (Å²) < 4.78 is 6.54. The lowest BCUT2D eigenvalue weighted by atomic mass is 10.1. The first kappa shape index (κ1) is 26.3. The zero-order chi connectivity index (χ0) is 27.4. The van der Waals surface area contributed by atoms with Crippen LogP contribution in [0.4, 0.5) is 14.8 Å². The summed E-state index contributed by atoms with van der Waals surface area (Å²) in [5, 5.41) is 23.2. The Hall–Kier alpha value is -4.81. The molecule has 0 spiro atoms. The number of aromatic hydroxyl groups is 2. The number of hydrogen-bond acceptors (Lipinski definition) is 9. The van der Waals surface area contributed by atoms with Gasteiger partial charge in [-0.3, -0.25) is 14.9 Å². The number of ether oxygens (including phenoxy) is 1. The molecule has 0 radical (unpaired) electrons. The van der Waals surface area contributed by atoms with Gasteiger partial charge >= 0.3 is 6.09 Å². The topological polar surface area (TPSA) is 191 Å². The summed E-state index contributed by atoms with van der Waals surface area (Å²) in [6, 6.07) is 18.5. The van der Waals surface area contributed by atoms with Gasteiger partial charge in [-0.15, -0.1) is 22.7 Å². The molecule has 12 heteroatoms. The van der Waals surface area contributed by atoms with Crippen molar-refractivity contribution in [1.82, 2.24) is 0 Å². The minimum Gasteiger partial charge on any atom is -0.508 e. The Morgan fingerprint density at radius 3 is 1.92 bits per heavy atom. The molecule has 3 aromatic carbocycles. The van der Waals surface area contributed by atoms with E-state index in [-0.39, 0.29) is 23.7 Å². The molecule has 0 aliphatic rings. The monoisotopic (exact) mass is 550 g/mol. The molecule has 0 aliphatic carbocycles. The molecule has 3 amide bonds. The van der Waals surface area contributed by atoms with E-state index in [4.69, 9.17) is 21.9 Å². The summed E-state index contributed by atoms with van der Waals surface area (Å²) in [6.07, 6.45) is -0.683. The van der Waals surface area contributed by atoms with Gasteiger partial charge in [0.2, 0.25) is 0 Å². The Bertz CT molecular complexity index is 1660. The van der Waals surface area contributed by atoms with Gasteiger partial charge in [-0.2, -0.15) is 0 Å². The predicted molar refractivity (Wildman–Crippen MR) is 149 cm³/mol. The molecule has 0 saturated heterocycles. The van der Waals surface area contributed by atoms with Crippen molar-refractivity contribution in [3.05, 3.63) is 83.4 Å². The lowest BCUT2D eigenvalue weighted by molar-refractivity contribution is 0.0994. The molecule has 0 bridgehead atoms. The number of nitrogens with two attached hydrogens (primary N) is 3. The number of phenols is 2. The fourth-order valence-corrected chi connectivity index (χ4v) is 5.76. The molecule has 2 heterocycles. The molecule has 5 rings (SSSR count). The van der Waals surface area contributed by atoms with Gasteiger partial charge in [0.1, 0.15) is 23.1 Å². The van der Waals surface area contributed by atoms with Gasteiger partial charge in [0, 0.05) is 20.2 Å². The van der Waals surface area contributed by atoms with Gasteiger partial charge in [-0.25, -0.2) is 4.79 Å². The molecule has 0 atom stereocenters. The van der Waals surface area contributed by atoms with Crippen LogP contribution in [0.3, 0.4) is 0 Å². The third-order valence-electron chi connectivity index (χ3n) is 5.30. The summed E-state index contributed by atoms with van der Waals surface area (Å²) in [5.41, 5.74) is 17.6. The van der Waals surface area contributed by atoms with Crippen LogP contribution in [0.15, 0.2) is 66.7 Å². The minimum atomic E-state index is -0.683. The summed E-state index contributed by atoms with van der Waals surface area (Å²) >= 11 is 2.38. The smallest absolute Gasteiger partial charge is 0.412 e. The van der Waals surface area contributed by atoms with E-state index in [1.165, 1.54) is 29.5 Å². The normalized spacial score (nSPS) is 10.5. The van der Waals surface area contributed by atoms with Gasteiger partial charge in [0.25, 0.3) is 11.8 Å². The molecular weight excluding hydrogens is 528 g/mol. The van der Waals surface area contributed by atoms with Crippen LogP contribution in [0.1, 0.15) is 26.3 Å². The molecule has 0 saturated carbocycles. The first-order chi connectivity index (χ1) is 18.1. The van der Waals surface area contributed by atoms with Crippen LogP contribution in [0, 0.1) is 0 Å². The van der Waals surface area contributed by atoms with E-state index in [0.29, 0.717) is 31.0 Å². The van der Waals surface area contributed by atoms with Crippen LogP contribution in [-0.2, 0) is 11.3 Å². The Kier molecular flexibility index (Phi) is 7.65. The molecule has 38 heavy (non-hydrogen) atoms. The highest BCUT2D eigenvalue weighted by atomic mass is 32.1. The average molecular weight is 551 g/mol. The highest BCUT2D eigenvalue weighted by Crippen LogP contribution is 2.37. The van der Waals surface area contributed by atoms with Crippen LogP contribution in [0.2, 0.25) is 0 Å². The lowest BCUT2D eigenvalue weighted by Gasteiger charge is -2.06. The minimum absolute atomic E-state index is 0.0676. The Labute approximate surface area is 223 Å². The van der Waals surface area contributed by atoms with Gasteiger partial charge in [0.15, 0.2) is 0 Å². The third kappa shape index (κ3) is 5.77. The summed E-state index contributed by atoms with van der Waals surface area (Å²) in [6.45, 7) is 0.115. The second-order valence-corrected chi connectivity index (χ2v) is 10.1. The summed E-state index contributed by atoms with van der Waals surface area (Å²) in [7, 11) is 0. The number of amides is 3. The van der Waals surface area contributed by atoms with Gasteiger partial charge in [-0.05, 0) is 42.0 Å². The van der Waals surface area contributed by atoms with Crippen molar-refractivity contribution >= 4 is 70.8 Å². The Morgan fingerprint density at radius 1 is 0.789 bits per heavy atom. The van der Waals surface area contributed by atoms with Crippen molar-refractivity contribution in [2.45, 2.75) is 6.61 Å². The maximum atomic E-state index is 12.0. The van der Waals surface area contributed by atoms with E-state index >= 15 is 0 Å². The predicted octanol–water partition coefficient (Wildman–Crippen LogP) is 4.74. The molecule has 0 unspecified atom stereocenters. The lowest BCUT2D eigenvalue weighted by Crippen LogP contribution is -2.17. The highest BCUT2D eigenvalue weighted by molar-refractivity contribution is 7.23. The van der Waals surface area contributed by atoms with E-state index < -0.39 is 17.9 Å². The molecule has 9 N–H and O–H groups in total. The van der Waals surface area contributed by atoms with Gasteiger partial charge < -0.3 is 32.2 Å². The molecule has 5 aromatic rings. The zero-order valence-corrected chi connectivity index (χ0v) is 21.3. The van der Waals surface area contributed by atoms with E-state index in [1.807, 2.05) is 30.3 Å². The van der Waals surface area contributed by atoms with Crippen molar-refractivity contribution in [2.24, 2.45) is 11.5 Å². The molecule has 0 aliphatic heterocycles. The quantitative estimate of drug-likeness (QED) is 0.182. The average Bonchev–Trinajstić information content (AvgIpc) is 3.39. The Morgan fingerprint density at radius 2 is 1.34 bits per heavy atom. The zero-order valence-electron chi connectivity index (χ0n) is 19.6. The number of anilines is 2. The largest absolute Gasteiger partial charge is 0.508 e. The van der Waals surface area contributed by atoms with E-state index in [0.717, 1.165) is 21.6 Å². The van der Waals surface area contributed by atoms with Crippen LogP contribution >= 0.6 is 22.7 Å².